The summed E-state index contributed by atoms with van der Waals surface area (Å²) < 4.78 is 5.64. The molecule has 0 spiro atoms. The Morgan fingerprint density at radius 1 is 0.923 bits per heavy atom. The number of thioether (sulfide) groups is 1. The molecule has 1 saturated heterocycles. The molecule has 6 heteroatoms. The summed E-state index contributed by atoms with van der Waals surface area (Å²) in [5.74, 6) is 0. The first-order chi connectivity index (χ1) is 12.5. The normalized spacial score (nSPS) is 28.9. The Morgan fingerprint density at radius 2 is 1.65 bits per heavy atom. The summed E-state index contributed by atoms with van der Waals surface area (Å²) in [6.07, 6.45) is -2.90. The Kier molecular flexibility index (Phi) is 6.34. The lowest BCUT2D eigenvalue weighted by Crippen LogP contribution is -2.55. The predicted molar refractivity (Wildman–Crippen MR) is 100 cm³/mol. The van der Waals surface area contributed by atoms with E-state index in [1.165, 1.54) is 10.5 Å². The molecule has 0 unspecified atom stereocenters. The van der Waals surface area contributed by atoms with Gasteiger partial charge in [-0.1, -0.05) is 36.4 Å². The first kappa shape index (κ1) is 19.4. The van der Waals surface area contributed by atoms with Gasteiger partial charge in [0.2, 0.25) is 0 Å². The van der Waals surface area contributed by atoms with Gasteiger partial charge in [-0.2, -0.15) is 0 Å². The minimum atomic E-state index is -1.37. The fourth-order valence-electron chi connectivity index (χ4n) is 3.24. The van der Waals surface area contributed by atoms with E-state index in [0.29, 0.717) is 5.56 Å². The van der Waals surface area contributed by atoms with Gasteiger partial charge in [0.15, 0.2) is 0 Å². The van der Waals surface area contributed by atoms with Crippen LogP contribution in [0.5, 0.6) is 0 Å². The van der Waals surface area contributed by atoms with Crippen LogP contribution in [0.15, 0.2) is 53.4 Å². The maximum Gasteiger partial charge on any atom is 0.113 e. The third-order valence-electron chi connectivity index (χ3n) is 4.74. The highest BCUT2D eigenvalue weighted by Crippen LogP contribution is 2.33. The molecule has 5 nitrogen and oxygen atoms in total. The van der Waals surface area contributed by atoms with E-state index in [4.69, 9.17) is 4.74 Å². The highest BCUT2D eigenvalue weighted by atomic mass is 32.2. The monoisotopic (exact) mass is 376 g/mol. The molecule has 0 aromatic heterocycles. The molecule has 2 aromatic carbocycles. The van der Waals surface area contributed by atoms with Crippen molar-refractivity contribution in [3.05, 3.63) is 65.2 Å². The van der Waals surface area contributed by atoms with Gasteiger partial charge in [-0.05, 0) is 41.5 Å². The maximum absolute atomic E-state index is 10.3. The van der Waals surface area contributed by atoms with Crippen molar-refractivity contribution in [1.29, 1.82) is 0 Å². The second-order valence-electron chi connectivity index (χ2n) is 6.52. The number of aliphatic hydroxyl groups is 4. The zero-order chi connectivity index (χ0) is 18.7. The molecule has 0 aliphatic carbocycles. The first-order valence-corrected chi connectivity index (χ1v) is 9.78. The van der Waals surface area contributed by atoms with Gasteiger partial charge in [-0.3, -0.25) is 0 Å². The Morgan fingerprint density at radius 3 is 2.31 bits per heavy atom. The zero-order valence-electron chi connectivity index (χ0n) is 14.5. The molecule has 4 N–H and O–H groups in total. The summed E-state index contributed by atoms with van der Waals surface area (Å²) in [6, 6.07) is 16.0. The van der Waals surface area contributed by atoms with Crippen LogP contribution in [-0.4, -0.2) is 57.7 Å². The van der Waals surface area contributed by atoms with Gasteiger partial charge in [0.05, 0.1) is 6.61 Å². The molecular weight excluding hydrogens is 352 g/mol. The van der Waals surface area contributed by atoms with Crippen LogP contribution in [0, 0.1) is 0 Å². The SMILES string of the molecule is CSc1ccc(Cc2cccc([C@@H]3O[C@H](CO)[C@@H](O)[C@H](O)[C@H]3O)c2)cc1. The minimum Gasteiger partial charge on any atom is -0.394 e. The average molecular weight is 376 g/mol. The Labute approximate surface area is 157 Å². The quantitative estimate of drug-likeness (QED) is 0.592. The van der Waals surface area contributed by atoms with Gasteiger partial charge in [-0.15, -0.1) is 11.8 Å². The zero-order valence-corrected chi connectivity index (χ0v) is 15.3. The molecule has 1 aliphatic rings. The van der Waals surface area contributed by atoms with Crippen molar-refractivity contribution in [2.24, 2.45) is 0 Å². The topological polar surface area (TPSA) is 90.2 Å². The number of hydrogen-bond acceptors (Lipinski definition) is 6. The number of rotatable bonds is 5. The van der Waals surface area contributed by atoms with Gasteiger partial charge in [-0.25, -0.2) is 0 Å². The molecule has 0 bridgehead atoms. The van der Waals surface area contributed by atoms with E-state index in [1.807, 2.05) is 30.5 Å². The van der Waals surface area contributed by atoms with Crippen LogP contribution in [0.25, 0.3) is 0 Å². The fraction of sp³-hybridized carbons (Fsp3) is 0.400. The molecule has 1 aliphatic heterocycles. The lowest BCUT2D eigenvalue weighted by atomic mass is 9.90. The summed E-state index contributed by atoms with van der Waals surface area (Å²) in [5.41, 5.74) is 2.94. The minimum absolute atomic E-state index is 0.428. The fourth-order valence-corrected chi connectivity index (χ4v) is 3.64. The van der Waals surface area contributed by atoms with Gasteiger partial charge in [0.25, 0.3) is 0 Å². The first-order valence-electron chi connectivity index (χ1n) is 8.55. The van der Waals surface area contributed by atoms with Crippen LogP contribution in [0.4, 0.5) is 0 Å². The van der Waals surface area contributed by atoms with Gasteiger partial charge >= 0.3 is 0 Å². The lowest BCUT2D eigenvalue weighted by Gasteiger charge is -2.40. The number of ether oxygens (including phenoxy) is 1. The molecule has 0 amide bonds. The summed E-state index contributed by atoms with van der Waals surface area (Å²) in [6.45, 7) is -0.428. The summed E-state index contributed by atoms with van der Waals surface area (Å²) in [5, 5.41) is 39.5. The summed E-state index contributed by atoms with van der Waals surface area (Å²) in [7, 11) is 0. The van der Waals surface area contributed by atoms with Crippen molar-refractivity contribution in [2.75, 3.05) is 12.9 Å². The number of benzene rings is 2. The second kappa shape index (κ2) is 8.52. The van der Waals surface area contributed by atoms with Crippen molar-refractivity contribution >= 4 is 11.8 Å². The summed E-state index contributed by atoms with van der Waals surface area (Å²) >= 11 is 1.70. The molecule has 1 heterocycles. The van der Waals surface area contributed by atoms with E-state index in [2.05, 4.69) is 24.3 Å². The molecular formula is C20H24O5S. The molecule has 26 heavy (non-hydrogen) atoms. The van der Waals surface area contributed by atoms with Crippen molar-refractivity contribution in [3.8, 4) is 0 Å². The van der Waals surface area contributed by atoms with Crippen LogP contribution in [0.3, 0.4) is 0 Å². The highest BCUT2D eigenvalue weighted by molar-refractivity contribution is 7.98. The lowest BCUT2D eigenvalue weighted by molar-refractivity contribution is -0.231. The standard InChI is InChI=1S/C20H24O5S/c1-26-15-7-5-12(6-8-15)9-13-3-2-4-14(10-13)20-19(24)18(23)17(22)16(11-21)25-20/h2-8,10,16-24H,9,11H2,1H3/t16-,17-,18+,19-,20+/m1/s1. The molecule has 1 fully saturated rings. The number of aliphatic hydroxyl groups excluding tert-OH is 4. The van der Waals surface area contributed by atoms with Crippen molar-refractivity contribution in [2.45, 2.75) is 41.8 Å². The molecule has 140 valence electrons. The van der Waals surface area contributed by atoms with Crippen LogP contribution in [0.1, 0.15) is 22.8 Å². The smallest absolute Gasteiger partial charge is 0.113 e. The van der Waals surface area contributed by atoms with Crippen LogP contribution in [-0.2, 0) is 11.2 Å². The predicted octanol–water partition coefficient (Wildman–Crippen LogP) is 1.51. The van der Waals surface area contributed by atoms with Gasteiger partial charge in [0, 0.05) is 4.90 Å². The van der Waals surface area contributed by atoms with E-state index in [9.17, 15) is 20.4 Å². The Hall–Kier alpha value is -1.41. The van der Waals surface area contributed by atoms with Crippen LogP contribution in [0.2, 0.25) is 0 Å². The van der Waals surface area contributed by atoms with Crippen molar-refractivity contribution in [3.63, 3.8) is 0 Å². The van der Waals surface area contributed by atoms with Crippen molar-refractivity contribution in [1.82, 2.24) is 0 Å². The third-order valence-corrected chi connectivity index (χ3v) is 5.48. The Bertz CT molecular complexity index is 718. The molecule has 5 atom stereocenters. The molecule has 2 aromatic rings. The van der Waals surface area contributed by atoms with E-state index in [0.717, 1.165) is 12.0 Å². The van der Waals surface area contributed by atoms with E-state index < -0.39 is 37.1 Å². The largest absolute Gasteiger partial charge is 0.394 e. The average Bonchev–Trinajstić information content (AvgIpc) is 2.67. The second-order valence-corrected chi connectivity index (χ2v) is 7.40. The van der Waals surface area contributed by atoms with Crippen LogP contribution >= 0.6 is 11.8 Å². The highest BCUT2D eigenvalue weighted by Gasteiger charge is 2.43. The number of hydrogen-bond donors (Lipinski definition) is 4. The van der Waals surface area contributed by atoms with E-state index >= 15 is 0 Å². The molecule has 0 radical (unpaired) electrons. The maximum atomic E-state index is 10.3. The van der Waals surface area contributed by atoms with Gasteiger partial charge in [0.1, 0.15) is 30.5 Å². The molecule has 3 rings (SSSR count). The molecule has 0 saturated carbocycles. The van der Waals surface area contributed by atoms with Crippen LogP contribution < -0.4 is 0 Å². The van der Waals surface area contributed by atoms with E-state index in [1.54, 1.807) is 11.8 Å². The van der Waals surface area contributed by atoms with Gasteiger partial charge < -0.3 is 25.2 Å². The Balaban J connectivity index is 1.79. The third kappa shape index (κ3) is 4.11. The van der Waals surface area contributed by atoms with E-state index in [-0.39, 0.29) is 0 Å². The summed E-state index contributed by atoms with van der Waals surface area (Å²) in [4.78, 5) is 1.21. The van der Waals surface area contributed by atoms with Crippen molar-refractivity contribution < 1.29 is 25.2 Å².